The molecule has 0 spiro atoms. The Kier molecular flexibility index (Phi) is 6.66. The second-order valence-corrected chi connectivity index (χ2v) is 5.03. The third kappa shape index (κ3) is 6.45. The maximum absolute atomic E-state index is 11.4. The number of carboxylic acid groups (broad SMARTS) is 1. The van der Waals surface area contributed by atoms with Gasteiger partial charge in [0.2, 0.25) is 0 Å². The largest absolute Gasteiger partial charge is 0.482 e. The summed E-state index contributed by atoms with van der Waals surface area (Å²) in [5.74, 6) is -0.776. The number of hydrogen-bond donors (Lipinski definition) is 2. The molecule has 0 aliphatic carbocycles. The lowest BCUT2D eigenvalue weighted by Crippen LogP contribution is -2.30. The number of hydrogen-bond acceptors (Lipinski definition) is 3. The summed E-state index contributed by atoms with van der Waals surface area (Å²) in [6.45, 7) is 0.150. The van der Waals surface area contributed by atoms with Gasteiger partial charge in [-0.1, -0.05) is 27.5 Å². The van der Waals surface area contributed by atoms with Gasteiger partial charge in [-0.25, -0.2) is 0 Å². The standard InChI is InChI=1S/C12H13BrClNO4/c13-8-3-4-10(9(14)6-8)19-7-11(16)15-5-1-2-12(17)18/h3-4,6H,1-2,5,7H2,(H,15,16)(H,17,18). The van der Waals surface area contributed by atoms with Crippen LogP contribution >= 0.6 is 27.5 Å². The molecule has 0 aliphatic heterocycles. The number of benzene rings is 1. The van der Waals surface area contributed by atoms with Crippen molar-refractivity contribution in [3.63, 3.8) is 0 Å². The minimum Gasteiger partial charge on any atom is -0.482 e. The predicted octanol–water partition coefficient (Wildman–Crippen LogP) is 2.46. The van der Waals surface area contributed by atoms with E-state index in [1.54, 1.807) is 18.2 Å². The highest BCUT2D eigenvalue weighted by atomic mass is 79.9. The van der Waals surface area contributed by atoms with Gasteiger partial charge in [-0.05, 0) is 24.6 Å². The number of ether oxygens (including phenoxy) is 1. The second kappa shape index (κ2) is 8.01. The van der Waals surface area contributed by atoms with E-state index in [-0.39, 0.29) is 18.9 Å². The van der Waals surface area contributed by atoms with Gasteiger partial charge >= 0.3 is 5.97 Å². The molecule has 104 valence electrons. The lowest BCUT2D eigenvalue weighted by atomic mass is 10.3. The summed E-state index contributed by atoms with van der Waals surface area (Å²) < 4.78 is 6.07. The molecule has 1 aromatic rings. The number of carbonyl (C=O) groups excluding carboxylic acids is 1. The van der Waals surface area contributed by atoms with Crippen LogP contribution in [-0.4, -0.2) is 30.1 Å². The summed E-state index contributed by atoms with van der Waals surface area (Å²) in [6, 6.07) is 5.08. The summed E-state index contributed by atoms with van der Waals surface area (Å²) in [5.41, 5.74) is 0. The number of rotatable bonds is 7. The molecule has 0 aliphatic rings. The topological polar surface area (TPSA) is 75.6 Å². The van der Waals surface area contributed by atoms with Crippen LogP contribution in [0.1, 0.15) is 12.8 Å². The minimum atomic E-state index is -0.882. The first kappa shape index (κ1) is 15.8. The quantitative estimate of drug-likeness (QED) is 0.741. The highest BCUT2D eigenvalue weighted by molar-refractivity contribution is 9.10. The summed E-state index contributed by atoms with van der Waals surface area (Å²) >= 11 is 9.19. The molecule has 0 unspecified atom stereocenters. The van der Waals surface area contributed by atoms with Gasteiger partial charge in [0.1, 0.15) is 5.75 Å². The van der Waals surface area contributed by atoms with Crippen LogP contribution in [0.5, 0.6) is 5.75 Å². The Morgan fingerprint density at radius 1 is 1.42 bits per heavy atom. The van der Waals surface area contributed by atoms with Crippen LogP contribution in [-0.2, 0) is 9.59 Å². The number of aliphatic carboxylic acids is 1. The summed E-state index contributed by atoms with van der Waals surface area (Å²) in [6.07, 6.45) is 0.416. The first-order chi connectivity index (χ1) is 8.99. The average molecular weight is 351 g/mol. The Morgan fingerprint density at radius 3 is 2.79 bits per heavy atom. The van der Waals surface area contributed by atoms with Crippen molar-refractivity contribution in [3.05, 3.63) is 27.7 Å². The van der Waals surface area contributed by atoms with Gasteiger partial charge in [0, 0.05) is 17.4 Å². The Labute approximate surface area is 124 Å². The zero-order chi connectivity index (χ0) is 14.3. The number of halogens is 2. The molecule has 0 atom stereocenters. The minimum absolute atomic E-state index is 0.0275. The molecule has 0 bridgehead atoms. The van der Waals surface area contributed by atoms with Crippen molar-refractivity contribution in [1.82, 2.24) is 5.32 Å². The summed E-state index contributed by atoms with van der Waals surface area (Å²) in [5, 5.41) is 11.4. The zero-order valence-corrected chi connectivity index (χ0v) is 12.3. The van der Waals surface area contributed by atoms with Crippen molar-refractivity contribution in [2.24, 2.45) is 0 Å². The molecule has 1 rings (SSSR count). The SMILES string of the molecule is O=C(O)CCCNC(=O)COc1ccc(Br)cc1Cl. The van der Waals surface area contributed by atoms with Gasteiger partial charge in [-0.2, -0.15) is 0 Å². The third-order valence-corrected chi connectivity index (χ3v) is 2.93. The van der Waals surface area contributed by atoms with E-state index in [0.717, 1.165) is 4.47 Å². The van der Waals surface area contributed by atoms with Crippen LogP contribution in [0.3, 0.4) is 0 Å². The molecular formula is C12H13BrClNO4. The van der Waals surface area contributed by atoms with E-state index in [0.29, 0.717) is 23.7 Å². The van der Waals surface area contributed by atoms with Crippen molar-refractivity contribution in [1.29, 1.82) is 0 Å². The van der Waals surface area contributed by atoms with Crippen molar-refractivity contribution in [2.75, 3.05) is 13.2 Å². The molecule has 0 radical (unpaired) electrons. The van der Waals surface area contributed by atoms with Crippen molar-refractivity contribution >= 4 is 39.4 Å². The fourth-order valence-corrected chi connectivity index (χ4v) is 1.98. The van der Waals surface area contributed by atoms with E-state index in [1.807, 2.05) is 0 Å². The molecule has 7 heteroatoms. The van der Waals surface area contributed by atoms with Crippen LogP contribution in [0.4, 0.5) is 0 Å². The molecule has 0 fully saturated rings. The van der Waals surface area contributed by atoms with Crippen molar-refractivity contribution in [3.8, 4) is 5.75 Å². The molecule has 0 heterocycles. The Balaban J connectivity index is 2.28. The molecule has 19 heavy (non-hydrogen) atoms. The lowest BCUT2D eigenvalue weighted by molar-refractivity contribution is -0.137. The van der Waals surface area contributed by atoms with Gasteiger partial charge in [0.15, 0.2) is 6.61 Å². The first-order valence-corrected chi connectivity index (χ1v) is 6.72. The van der Waals surface area contributed by atoms with Gasteiger partial charge in [0.25, 0.3) is 5.91 Å². The fraction of sp³-hybridized carbons (Fsp3) is 0.333. The van der Waals surface area contributed by atoms with Crippen LogP contribution in [0.2, 0.25) is 5.02 Å². The molecule has 0 aromatic heterocycles. The fourth-order valence-electron chi connectivity index (χ4n) is 1.25. The van der Waals surface area contributed by atoms with Crippen LogP contribution in [0.15, 0.2) is 22.7 Å². The van der Waals surface area contributed by atoms with E-state index < -0.39 is 5.97 Å². The van der Waals surface area contributed by atoms with E-state index in [9.17, 15) is 9.59 Å². The Bertz CT molecular complexity index is 467. The predicted molar refractivity (Wildman–Crippen MR) is 74.5 cm³/mol. The number of carboxylic acids is 1. The van der Waals surface area contributed by atoms with Gasteiger partial charge < -0.3 is 15.2 Å². The van der Waals surface area contributed by atoms with E-state index in [4.69, 9.17) is 21.4 Å². The maximum atomic E-state index is 11.4. The van der Waals surface area contributed by atoms with Gasteiger partial charge in [0.05, 0.1) is 5.02 Å². The molecule has 0 saturated carbocycles. The summed E-state index contributed by atoms with van der Waals surface area (Å²) in [7, 11) is 0. The molecule has 2 N–H and O–H groups in total. The monoisotopic (exact) mass is 349 g/mol. The highest BCUT2D eigenvalue weighted by Gasteiger charge is 2.06. The van der Waals surface area contributed by atoms with Crippen molar-refractivity contribution < 1.29 is 19.4 Å². The second-order valence-electron chi connectivity index (χ2n) is 3.71. The smallest absolute Gasteiger partial charge is 0.303 e. The molecule has 1 aromatic carbocycles. The van der Waals surface area contributed by atoms with Crippen LogP contribution in [0.25, 0.3) is 0 Å². The van der Waals surface area contributed by atoms with Gasteiger partial charge in [-0.3, -0.25) is 9.59 Å². The summed E-state index contributed by atoms with van der Waals surface area (Å²) in [4.78, 5) is 21.7. The van der Waals surface area contributed by atoms with E-state index >= 15 is 0 Å². The number of amides is 1. The normalized spacial score (nSPS) is 10.0. The Hall–Kier alpha value is -1.27. The third-order valence-electron chi connectivity index (χ3n) is 2.14. The molecule has 5 nitrogen and oxygen atoms in total. The molecular weight excluding hydrogens is 337 g/mol. The number of carbonyl (C=O) groups is 2. The van der Waals surface area contributed by atoms with E-state index in [2.05, 4.69) is 21.2 Å². The molecule has 0 saturated heterocycles. The van der Waals surface area contributed by atoms with Crippen LogP contribution in [0, 0.1) is 0 Å². The number of nitrogens with one attached hydrogen (secondary N) is 1. The van der Waals surface area contributed by atoms with E-state index in [1.165, 1.54) is 0 Å². The van der Waals surface area contributed by atoms with Gasteiger partial charge in [-0.15, -0.1) is 0 Å². The van der Waals surface area contributed by atoms with Crippen LogP contribution < -0.4 is 10.1 Å². The lowest BCUT2D eigenvalue weighted by Gasteiger charge is -2.08. The Morgan fingerprint density at radius 2 is 2.16 bits per heavy atom. The average Bonchev–Trinajstić information content (AvgIpc) is 2.33. The maximum Gasteiger partial charge on any atom is 0.303 e. The first-order valence-electron chi connectivity index (χ1n) is 5.55. The molecule has 1 amide bonds. The highest BCUT2D eigenvalue weighted by Crippen LogP contribution is 2.27. The van der Waals surface area contributed by atoms with Crippen molar-refractivity contribution in [2.45, 2.75) is 12.8 Å². The zero-order valence-electron chi connectivity index (χ0n) is 9.99.